The van der Waals surface area contributed by atoms with Crippen molar-refractivity contribution in [3.05, 3.63) is 24.3 Å². The first-order valence-corrected chi connectivity index (χ1v) is 13.7. The lowest BCUT2D eigenvalue weighted by atomic mass is 9.77. The molecule has 12 nitrogen and oxygen atoms in total. The number of rotatable bonds is 14. The smallest absolute Gasteiger partial charge is 0.459 e. The number of esters is 1. The van der Waals surface area contributed by atoms with Crippen molar-refractivity contribution in [3.63, 3.8) is 0 Å². The average molecular weight is 527 g/mol. The lowest BCUT2D eigenvalue weighted by molar-refractivity contribution is -0.153. The zero-order chi connectivity index (χ0) is 26.5. The number of hydrogen-bond donors (Lipinski definition) is 1. The third-order valence-corrected chi connectivity index (χ3v) is 9.48. The molecule has 0 aromatic heterocycles. The molecule has 3 heterocycles. The zero-order valence-electron chi connectivity index (χ0n) is 21.1. The van der Waals surface area contributed by atoms with Crippen LogP contribution in [0.3, 0.4) is 0 Å². The SMILES string of the molecule is C=C(C)C(=O)OCC12C=CC(O1)C1C(=O)N(CCCOC(=O)NCCC[Si](OC)(OC)OC)C(=O)C12. The minimum Gasteiger partial charge on any atom is -0.459 e. The molecule has 3 rings (SSSR count). The van der Waals surface area contributed by atoms with E-state index >= 15 is 0 Å². The highest BCUT2D eigenvalue weighted by molar-refractivity contribution is 6.60. The Labute approximate surface area is 211 Å². The van der Waals surface area contributed by atoms with E-state index in [1.165, 1.54) is 33.2 Å². The van der Waals surface area contributed by atoms with Crippen LogP contribution in [0.15, 0.2) is 24.3 Å². The van der Waals surface area contributed by atoms with Crippen molar-refractivity contribution in [3.8, 4) is 0 Å². The van der Waals surface area contributed by atoms with E-state index in [2.05, 4.69) is 11.9 Å². The number of nitrogens with one attached hydrogen (secondary N) is 1. The number of carbonyl (C=O) groups excluding carboxylic acids is 4. The summed E-state index contributed by atoms with van der Waals surface area (Å²) in [6, 6.07) is 0.533. The Morgan fingerprint density at radius 3 is 2.47 bits per heavy atom. The summed E-state index contributed by atoms with van der Waals surface area (Å²) in [6.45, 7) is 5.38. The van der Waals surface area contributed by atoms with Crippen molar-refractivity contribution in [2.24, 2.45) is 11.8 Å². The van der Waals surface area contributed by atoms with Gasteiger partial charge in [0.25, 0.3) is 0 Å². The quantitative estimate of drug-likeness (QED) is 0.0863. The van der Waals surface area contributed by atoms with E-state index in [0.29, 0.717) is 19.0 Å². The molecule has 0 aromatic rings. The van der Waals surface area contributed by atoms with E-state index in [-0.39, 0.29) is 43.6 Å². The second-order valence-corrected chi connectivity index (χ2v) is 12.0. The molecule has 3 amide bonds. The van der Waals surface area contributed by atoms with Crippen molar-refractivity contribution >= 4 is 32.7 Å². The molecule has 1 N–H and O–H groups in total. The second-order valence-electron chi connectivity index (χ2n) is 8.90. The predicted molar refractivity (Wildman–Crippen MR) is 126 cm³/mol. The highest BCUT2D eigenvalue weighted by atomic mass is 28.4. The van der Waals surface area contributed by atoms with E-state index in [4.69, 9.17) is 27.5 Å². The second kappa shape index (κ2) is 11.6. The average Bonchev–Trinajstić information content (AvgIpc) is 3.51. The molecule has 3 aliphatic heterocycles. The molecule has 36 heavy (non-hydrogen) atoms. The molecule has 3 aliphatic rings. The topological polar surface area (TPSA) is 139 Å². The fourth-order valence-corrected chi connectivity index (χ4v) is 6.46. The molecular weight excluding hydrogens is 492 g/mol. The molecule has 13 heteroatoms. The van der Waals surface area contributed by atoms with Crippen LogP contribution in [-0.2, 0) is 41.9 Å². The fraction of sp³-hybridized carbons (Fsp3) is 0.652. The van der Waals surface area contributed by atoms with Gasteiger partial charge >= 0.3 is 20.9 Å². The highest BCUT2D eigenvalue weighted by Gasteiger charge is 2.67. The molecule has 200 valence electrons. The van der Waals surface area contributed by atoms with Gasteiger partial charge in [-0.1, -0.05) is 12.7 Å². The summed E-state index contributed by atoms with van der Waals surface area (Å²) >= 11 is 0. The van der Waals surface area contributed by atoms with Gasteiger partial charge < -0.3 is 32.8 Å². The summed E-state index contributed by atoms with van der Waals surface area (Å²) in [7, 11) is 1.88. The van der Waals surface area contributed by atoms with Crippen molar-refractivity contribution in [1.82, 2.24) is 10.2 Å². The molecule has 2 saturated heterocycles. The predicted octanol–water partition coefficient (Wildman–Crippen LogP) is 0.799. The van der Waals surface area contributed by atoms with Crippen LogP contribution in [0.25, 0.3) is 0 Å². The third-order valence-electron chi connectivity index (χ3n) is 6.64. The number of imide groups is 1. The lowest BCUT2D eigenvalue weighted by Crippen LogP contribution is -2.44. The van der Waals surface area contributed by atoms with Gasteiger partial charge in [-0.3, -0.25) is 14.5 Å². The number of alkyl carbamates (subject to hydrolysis) is 1. The Morgan fingerprint density at radius 1 is 1.14 bits per heavy atom. The van der Waals surface area contributed by atoms with Gasteiger partial charge in [-0.2, -0.15) is 0 Å². The van der Waals surface area contributed by atoms with Crippen LogP contribution in [0.4, 0.5) is 4.79 Å². The first kappa shape index (κ1) is 28.0. The summed E-state index contributed by atoms with van der Waals surface area (Å²) < 4.78 is 32.3. The standard InChI is InChI=1S/C23H34N2O10Si/c1-15(2)21(28)34-14-23-9-8-16(35-23)17-18(23)20(27)25(19(17)26)11-7-12-33-22(29)24-10-6-13-36(30-3,31-4)32-5/h8-9,16-18H,1,6-7,10-14H2,2-5H3,(H,24,29). The zero-order valence-corrected chi connectivity index (χ0v) is 22.1. The Kier molecular flexibility index (Phi) is 9.06. The van der Waals surface area contributed by atoms with Gasteiger partial charge in [0, 0.05) is 46.0 Å². The molecule has 0 spiro atoms. The Bertz CT molecular complexity index is 912. The summed E-state index contributed by atoms with van der Waals surface area (Å²) in [5.41, 5.74) is -0.929. The van der Waals surface area contributed by atoms with Crippen LogP contribution in [0.5, 0.6) is 0 Å². The number of carbonyl (C=O) groups is 4. The van der Waals surface area contributed by atoms with Crippen LogP contribution in [-0.4, -0.2) is 96.9 Å². The number of likely N-dealkylation sites (tertiary alicyclic amines) is 1. The van der Waals surface area contributed by atoms with Crippen molar-refractivity contribution < 1.29 is 46.7 Å². The Balaban J connectivity index is 1.42. The van der Waals surface area contributed by atoms with Crippen LogP contribution in [0.1, 0.15) is 19.8 Å². The van der Waals surface area contributed by atoms with E-state index < -0.39 is 44.4 Å². The van der Waals surface area contributed by atoms with Crippen molar-refractivity contribution in [1.29, 1.82) is 0 Å². The van der Waals surface area contributed by atoms with Crippen LogP contribution < -0.4 is 5.32 Å². The molecule has 0 radical (unpaired) electrons. The maximum absolute atomic E-state index is 13.1. The molecule has 4 atom stereocenters. The number of ether oxygens (including phenoxy) is 3. The van der Waals surface area contributed by atoms with Crippen molar-refractivity contribution in [2.75, 3.05) is 47.6 Å². The first-order chi connectivity index (χ1) is 17.1. The molecule has 2 fully saturated rings. The van der Waals surface area contributed by atoms with Gasteiger partial charge in [-0.25, -0.2) is 9.59 Å². The summed E-state index contributed by atoms with van der Waals surface area (Å²) in [5.74, 6) is -2.72. The van der Waals surface area contributed by atoms with Crippen LogP contribution in [0.2, 0.25) is 6.04 Å². The van der Waals surface area contributed by atoms with Gasteiger partial charge in [0.05, 0.1) is 24.5 Å². The van der Waals surface area contributed by atoms with Crippen LogP contribution >= 0.6 is 0 Å². The number of hydrogen-bond acceptors (Lipinski definition) is 10. The van der Waals surface area contributed by atoms with Gasteiger partial charge in [0.15, 0.2) is 0 Å². The monoisotopic (exact) mass is 526 g/mol. The fourth-order valence-electron chi connectivity index (χ4n) is 4.74. The maximum atomic E-state index is 13.1. The third kappa shape index (κ3) is 5.54. The number of nitrogens with zero attached hydrogens (tertiary/aromatic N) is 1. The number of amides is 3. The highest BCUT2D eigenvalue weighted by Crippen LogP contribution is 2.51. The van der Waals surface area contributed by atoms with E-state index in [9.17, 15) is 19.2 Å². The summed E-state index contributed by atoms with van der Waals surface area (Å²) in [6.07, 6.45) is 3.16. The summed E-state index contributed by atoms with van der Waals surface area (Å²) in [5, 5.41) is 2.64. The van der Waals surface area contributed by atoms with Gasteiger partial charge in [-0.15, -0.1) is 0 Å². The van der Waals surface area contributed by atoms with E-state index in [0.717, 1.165) is 0 Å². The van der Waals surface area contributed by atoms with E-state index in [1.54, 1.807) is 12.2 Å². The molecular formula is C23H34N2O10Si. The Morgan fingerprint density at radius 2 is 1.83 bits per heavy atom. The van der Waals surface area contributed by atoms with Crippen molar-refractivity contribution in [2.45, 2.75) is 37.5 Å². The first-order valence-electron chi connectivity index (χ1n) is 11.7. The number of fused-ring (bicyclic) bond motifs is 5. The van der Waals surface area contributed by atoms with Gasteiger partial charge in [-0.05, 0) is 25.8 Å². The molecule has 0 saturated carbocycles. The largest absolute Gasteiger partial charge is 0.500 e. The maximum Gasteiger partial charge on any atom is 0.500 e. The molecule has 4 unspecified atom stereocenters. The minimum atomic E-state index is -2.69. The molecule has 0 aliphatic carbocycles. The minimum absolute atomic E-state index is 0.0324. The van der Waals surface area contributed by atoms with Gasteiger partial charge in [0.1, 0.15) is 12.2 Å². The van der Waals surface area contributed by atoms with Gasteiger partial charge in [0.2, 0.25) is 11.8 Å². The Hall–Kier alpha value is -2.58. The molecule has 2 bridgehead atoms. The van der Waals surface area contributed by atoms with E-state index in [1.807, 2.05) is 0 Å². The summed E-state index contributed by atoms with van der Waals surface area (Å²) in [4.78, 5) is 51.0. The normalized spacial score (nSPS) is 26.3. The molecule has 0 aromatic carbocycles. The lowest BCUT2D eigenvalue weighted by Gasteiger charge is -2.28. The van der Waals surface area contributed by atoms with Crippen LogP contribution in [0, 0.1) is 11.8 Å².